The van der Waals surface area contributed by atoms with E-state index in [1.807, 2.05) is 42.5 Å². The third-order valence-corrected chi connectivity index (χ3v) is 10.1. The van der Waals surface area contributed by atoms with Gasteiger partial charge in [-0.05, 0) is 151 Å². The fourth-order valence-electron chi connectivity index (χ4n) is 6.54. The predicted octanol–water partition coefficient (Wildman–Crippen LogP) is 11.1. The quantitative estimate of drug-likeness (QED) is 0.0188. The molecule has 0 aliphatic carbocycles. The second kappa shape index (κ2) is 34.7. The molecule has 0 aromatic heterocycles. The van der Waals surface area contributed by atoms with Gasteiger partial charge >= 0.3 is 35.8 Å². The van der Waals surface area contributed by atoms with Gasteiger partial charge in [0.05, 0.1) is 39.6 Å². The summed E-state index contributed by atoms with van der Waals surface area (Å²) in [4.78, 5) is 74.9. The lowest BCUT2D eigenvalue weighted by Gasteiger charge is -2.17. The van der Waals surface area contributed by atoms with Crippen LogP contribution in [0.25, 0.3) is 0 Å². The normalized spacial score (nSPS) is 11.2. The van der Waals surface area contributed by atoms with Crippen LogP contribution in [0.5, 0.6) is 0 Å². The largest absolute Gasteiger partial charge is 0.461 e. The summed E-state index contributed by atoms with van der Waals surface area (Å²) in [5.74, 6) is -5.73. The second-order valence-electron chi connectivity index (χ2n) is 15.9. The fraction of sp³-hybridized carbons (Fsp3) is 0.200. The van der Waals surface area contributed by atoms with Gasteiger partial charge in [-0.3, -0.25) is 0 Å². The molecule has 0 bridgehead atoms. The maximum Gasteiger partial charge on any atom is 0.357 e. The zero-order chi connectivity index (χ0) is 58.9. The Morgan fingerprint density at radius 3 is 0.556 bits per heavy atom. The first-order valence-corrected chi connectivity index (χ1v) is 25.4. The molecule has 0 aliphatic heterocycles. The molecule has 0 fully saturated rings. The van der Waals surface area contributed by atoms with E-state index in [0.717, 1.165) is 0 Å². The fourth-order valence-corrected chi connectivity index (χ4v) is 6.54. The summed E-state index contributed by atoms with van der Waals surface area (Å²) in [5, 5.41) is 17.2. The molecule has 0 heterocycles. The molecule has 0 unspecified atom stereocenters. The molecule has 21 heteroatoms. The maximum atomic E-state index is 13.2. The average molecular weight is 1120 g/mol. The highest BCUT2D eigenvalue weighted by atomic mass is 19.1. The van der Waals surface area contributed by atoms with Gasteiger partial charge in [0.1, 0.15) is 17.5 Å². The summed E-state index contributed by atoms with van der Waals surface area (Å²) in [5.41, 5.74) is 2.28. The number of anilines is 6. The summed E-state index contributed by atoms with van der Waals surface area (Å²) in [6.07, 6.45) is 0. The third kappa shape index (κ3) is 21.7. The zero-order valence-corrected chi connectivity index (χ0v) is 45.4. The van der Waals surface area contributed by atoms with Crippen LogP contribution in [0.1, 0.15) is 41.5 Å². The zero-order valence-electron chi connectivity index (χ0n) is 45.4. The Balaban J connectivity index is 0.000000262. The predicted molar refractivity (Wildman–Crippen MR) is 301 cm³/mol. The van der Waals surface area contributed by atoms with Crippen LogP contribution in [0, 0.1) is 17.5 Å². The molecule has 81 heavy (non-hydrogen) atoms. The minimum absolute atomic E-state index is 0.0136. The number of hydrogen-bond acceptors (Lipinski definition) is 18. The van der Waals surface area contributed by atoms with Crippen LogP contribution in [0.2, 0.25) is 0 Å². The number of rotatable bonds is 24. The monoisotopic (exact) mass is 1120 g/mol. The van der Waals surface area contributed by atoms with Gasteiger partial charge in [-0.1, -0.05) is 54.6 Å². The molecule has 6 aromatic carbocycles. The Labute approximate surface area is 467 Å². The van der Waals surface area contributed by atoms with E-state index in [9.17, 15) is 41.9 Å². The highest BCUT2D eigenvalue weighted by Crippen LogP contribution is 2.23. The van der Waals surface area contributed by atoms with E-state index >= 15 is 0 Å². The summed E-state index contributed by atoms with van der Waals surface area (Å²) in [7, 11) is 0. The molecule has 18 nitrogen and oxygen atoms in total. The van der Waals surface area contributed by atoms with Gasteiger partial charge < -0.3 is 60.3 Å². The van der Waals surface area contributed by atoms with Gasteiger partial charge in [0.15, 0.2) is 34.2 Å². The first kappa shape index (κ1) is 63.5. The molecule has 0 saturated heterocycles. The Hall–Kier alpha value is -10.1. The number of carbonyl (C=O) groups is 6. The Morgan fingerprint density at radius 1 is 0.259 bits per heavy atom. The number of halogens is 3. The van der Waals surface area contributed by atoms with Gasteiger partial charge in [-0.25, -0.2) is 41.9 Å². The summed E-state index contributed by atoms with van der Waals surface area (Å²) in [6, 6.07) is 42.7. The number of para-hydroxylation sites is 3. The number of nitrogens with one attached hydrogen (secondary N) is 6. The smallest absolute Gasteiger partial charge is 0.357 e. The van der Waals surface area contributed by atoms with Crippen molar-refractivity contribution in [1.82, 2.24) is 0 Å². The van der Waals surface area contributed by atoms with Crippen molar-refractivity contribution in [2.45, 2.75) is 41.5 Å². The first-order valence-electron chi connectivity index (χ1n) is 25.4. The second-order valence-corrected chi connectivity index (χ2v) is 15.9. The topological polar surface area (TPSA) is 230 Å². The number of hydrogen-bond donors (Lipinski definition) is 6. The molecular weight excluding hydrogens is 1050 g/mol. The summed E-state index contributed by atoms with van der Waals surface area (Å²) >= 11 is 0. The van der Waals surface area contributed by atoms with Crippen LogP contribution in [0.4, 0.5) is 47.3 Å². The van der Waals surface area contributed by atoms with Gasteiger partial charge in [0.2, 0.25) is 0 Å². The lowest BCUT2D eigenvalue weighted by molar-refractivity contribution is -0.141. The first-order chi connectivity index (χ1) is 39.1. The molecule has 6 N–H and O–H groups in total. The molecule has 0 saturated carbocycles. The lowest BCUT2D eigenvalue weighted by atomic mass is 10.2. The minimum Gasteiger partial charge on any atom is -0.461 e. The van der Waals surface area contributed by atoms with Crippen molar-refractivity contribution >= 4 is 69.9 Å². The molecule has 0 amide bonds. The van der Waals surface area contributed by atoms with E-state index in [1.165, 1.54) is 72.8 Å². The van der Waals surface area contributed by atoms with Crippen molar-refractivity contribution in [2.24, 2.45) is 0 Å². The highest BCUT2D eigenvalue weighted by molar-refractivity contribution is 6.06. The van der Waals surface area contributed by atoms with Gasteiger partial charge in [-0.15, -0.1) is 0 Å². The maximum absolute atomic E-state index is 13.2. The highest BCUT2D eigenvalue weighted by Gasteiger charge is 2.27. The van der Waals surface area contributed by atoms with Crippen LogP contribution in [-0.2, 0) is 57.2 Å². The van der Waals surface area contributed by atoms with E-state index in [0.29, 0.717) is 34.1 Å². The average Bonchev–Trinajstić information content (AvgIpc) is 3.48. The molecule has 6 aromatic rings. The number of carbonyl (C=O) groups excluding carboxylic acids is 6. The van der Waals surface area contributed by atoms with Crippen LogP contribution in [0.15, 0.2) is 198 Å². The molecular formula is C60H63F3N6O12. The van der Waals surface area contributed by atoms with Crippen LogP contribution in [0.3, 0.4) is 0 Å². The Kier molecular flexibility index (Phi) is 27.2. The number of ether oxygens (including phenoxy) is 6. The van der Waals surface area contributed by atoms with Crippen molar-refractivity contribution in [3.8, 4) is 0 Å². The summed E-state index contributed by atoms with van der Waals surface area (Å²) < 4.78 is 69.9. The van der Waals surface area contributed by atoms with Gasteiger partial charge in [0.25, 0.3) is 0 Å². The van der Waals surface area contributed by atoms with E-state index < -0.39 is 53.3 Å². The molecule has 6 rings (SSSR count). The van der Waals surface area contributed by atoms with Gasteiger partial charge in [-0.2, -0.15) is 0 Å². The van der Waals surface area contributed by atoms with E-state index in [1.54, 1.807) is 90.1 Å². The Morgan fingerprint density at radius 2 is 0.407 bits per heavy atom. The van der Waals surface area contributed by atoms with Crippen LogP contribution < -0.4 is 31.9 Å². The SMILES string of the molecule is CCOC(=O)C(Nc1ccc(F)cc1)=C(Nc1ccc(F)cc1)C(=O)OCC.CCOC(=O)C(Nc1ccccc1)=C(Nc1ccc(F)cc1)C(=O)OCC.CCOC(=O)C(Nc1ccccc1)=C(Nc1ccccc1)C(=O)OCC. The summed E-state index contributed by atoms with van der Waals surface area (Å²) in [6.45, 7) is 10.7. The van der Waals surface area contributed by atoms with Crippen molar-refractivity contribution in [3.05, 3.63) is 215 Å². The van der Waals surface area contributed by atoms with Crippen molar-refractivity contribution < 1.29 is 70.4 Å². The van der Waals surface area contributed by atoms with Crippen molar-refractivity contribution in [3.63, 3.8) is 0 Å². The van der Waals surface area contributed by atoms with Crippen molar-refractivity contribution in [1.29, 1.82) is 0 Å². The third-order valence-electron chi connectivity index (χ3n) is 10.1. The van der Waals surface area contributed by atoms with E-state index in [4.69, 9.17) is 28.4 Å². The lowest BCUT2D eigenvalue weighted by Crippen LogP contribution is -2.25. The van der Waals surface area contributed by atoms with Crippen molar-refractivity contribution in [2.75, 3.05) is 71.5 Å². The standard InChI is InChI=1S/C20H20F2N2O4.C20H21FN2O4.C20H22N2O4/c1-3-27-19(25)17(23-15-9-5-13(21)6-10-15)18(20(26)28-4-2)24-16-11-7-14(22)8-12-16;1-3-26-19(24)17(22-15-8-6-5-7-9-15)18(20(25)27-4-2)23-16-12-10-14(21)11-13-16;1-3-25-19(23)17(21-15-11-7-5-8-12-15)18(20(24)26-4-2)22-16-13-9-6-10-14-16/h5-12,23-24H,3-4H2,1-2H3;5-13,22-23H,3-4H2,1-2H3;5-14,21-22H,3-4H2,1-2H3. The minimum atomic E-state index is -0.815. The Bertz CT molecular complexity index is 2940. The van der Waals surface area contributed by atoms with E-state index in [2.05, 4.69) is 31.9 Å². The number of benzene rings is 6. The molecule has 0 atom stereocenters. The molecule has 0 spiro atoms. The molecule has 0 aliphatic rings. The molecule has 426 valence electrons. The van der Waals surface area contributed by atoms with E-state index in [-0.39, 0.29) is 73.8 Å². The molecule has 0 radical (unpaired) electrons. The van der Waals surface area contributed by atoms with Gasteiger partial charge in [0, 0.05) is 34.1 Å². The van der Waals surface area contributed by atoms with Crippen LogP contribution in [-0.4, -0.2) is 75.5 Å². The van der Waals surface area contributed by atoms with Crippen LogP contribution >= 0.6 is 0 Å². The number of esters is 6.